The van der Waals surface area contributed by atoms with Crippen LogP contribution in [0.15, 0.2) is 28.8 Å². The number of hydrogen-bond acceptors (Lipinski definition) is 4. The molecule has 0 unspecified atom stereocenters. The molecule has 0 atom stereocenters. The van der Waals surface area contributed by atoms with Crippen LogP contribution in [0.5, 0.6) is 0 Å². The van der Waals surface area contributed by atoms with Gasteiger partial charge in [-0.05, 0) is 12.1 Å². The molecule has 2 rings (SSSR count). The van der Waals surface area contributed by atoms with Gasteiger partial charge in [0.1, 0.15) is 0 Å². The minimum absolute atomic E-state index is 0.0801. The summed E-state index contributed by atoms with van der Waals surface area (Å²) in [6, 6.07) is 4.85. The molecule has 0 aliphatic rings. The van der Waals surface area contributed by atoms with Crippen molar-refractivity contribution in [2.45, 2.75) is 6.54 Å². The molecule has 0 radical (unpaired) electrons. The van der Waals surface area contributed by atoms with Crippen LogP contribution in [-0.2, 0) is 13.6 Å². The Morgan fingerprint density at radius 1 is 1.56 bits per heavy atom. The molecule has 0 fully saturated rings. The molecule has 6 heteroatoms. The number of nitrogens with one attached hydrogen (secondary N) is 1. The Labute approximate surface area is 91.5 Å². The quantitative estimate of drug-likeness (QED) is 0.813. The number of carboxylic acids is 1. The predicted molar refractivity (Wildman–Crippen MR) is 56.2 cm³/mol. The minimum Gasteiger partial charge on any atom is -0.475 e. The number of furan rings is 1. The fourth-order valence-corrected chi connectivity index (χ4v) is 1.28. The van der Waals surface area contributed by atoms with E-state index in [0.29, 0.717) is 12.4 Å². The van der Waals surface area contributed by atoms with Crippen LogP contribution in [0, 0.1) is 0 Å². The van der Waals surface area contributed by atoms with Crippen molar-refractivity contribution in [3.63, 3.8) is 0 Å². The molecule has 0 bridgehead atoms. The molecule has 0 aromatic carbocycles. The molecular formula is C10H11N3O3. The fraction of sp³-hybridized carbons (Fsp3) is 0.200. The Hall–Kier alpha value is -2.24. The molecule has 2 aromatic rings. The second kappa shape index (κ2) is 4.09. The zero-order chi connectivity index (χ0) is 11.5. The summed E-state index contributed by atoms with van der Waals surface area (Å²) in [7, 11) is 1.83. The van der Waals surface area contributed by atoms with Crippen LogP contribution in [0.3, 0.4) is 0 Å². The molecular weight excluding hydrogens is 210 g/mol. The van der Waals surface area contributed by atoms with Gasteiger partial charge < -0.3 is 14.8 Å². The summed E-state index contributed by atoms with van der Waals surface area (Å²) >= 11 is 0. The van der Waals surface area contributed by atoms with E-state index < -0.39 is 5.97 Å². The topological polar surface area (TPSA) is 80.3 Å². The second-order valence-corrected chi connectivity index (χ2v) is 3.30. The fourth-order valence-electron chi connectivity index (χ4n) is 1.28. The van der Waals surface area contributed by atoms with E-state index in [1.54, 1.807) is 10.7 Å². The molecule has 2 N–H and O–H groups in total. The van der Waals surface area contributed by atoms with Crippen molar-refractivity contribution in [1.29, 1.82) is 0 Å². The lowest BCUT2D eigenvalue weighted by molar-refractivity contribution is 0.0663. The lowest BCUT2D eigenvalue weighted by Crippen LogP contribution is -2.00. The third-order valence-corrected chi connectivity index (χ3v) is 2.03. The number of aromatic nitrogens is 2. The average Bonchev–Trinajstić information content (AvgIpc) is 2.83. The standard InChI is InChI=1S/C10H11N3O3/c1-13-5-4-7(12-13)6-11-9-3-2-8(16-9)10(14)15/h2-5,11H,6H2,1H3,(H,14,15). The van der Waals surface area contributed by atoms with Gasteiger partial charge in [-0.3, -0.25) is 4.68 Å². The van der Waals surface area contributed by atoms with E-state index in [0.717, 1.165) is 5.69 Å². The van der Waals surface area contributed by atoms with Crippen LogP contribution in [-0.4, -0.2) is 20.9 Å². The molecule has 6 nitrogen and oxygen atoms in total. The normalized spacial score (nSPS) is 10.3. The van der Waals surface area contributed by atoms with Crippen LogP contribution >= 0.6 is 0 Å². The van der Waals surface area contributed by atoms with E-state index in [9.17, 15) is 4.79 Å². The van der Waals surface area contributed by atoms with E-state index in [-0.39, 0.29) is 5.76 Å². The van der Waals surface area contributed by atoms with Crippen molar-refractivity contribution in [1.82, 2.24) is 9.78 Å². The first-order chi connectivity index (χ1) is 7.65. The maximum Gasteiger partial charge on any atom is 0.371 e. The van der Waals surface area contributed by atoms with E-state index in [2.05, 4.69) is 10.4 Å². The van der Waals surface area contributed by atoms with Gasteiger partial charge in [0.15, 0.2) is 5.88 Å². The highest BCUT2D eigenvalue weighted by atomic mass is 16.4. The maximum atomic E-state index is 10.6. The summed E-state index contributed by atoms with van der Waals surface area (Å²) in [6.07, 6.45) is 1.84. The van der Waals surface area contributed by atoms with Gasteiger partial charge in [0.2, 0.25) is 5.76 Å². The largest absolute Gasteiger partial charge is 0.475 e. The Bertz CT molecular complexity index is 501. The van der Waals surface area contributed by atoms with Gasteiger partial charge in [0, 0.05) is 19.3 Å². The number of hydrogen-bond donors (Lipinski definition) is 2. The average molecular weight is 221 g/mol. The number of aromatic carboxylic acids is 1. The predicted octanol–water partition coefficient (Wildman–Crippen LogP) is 1.32. The van der Waals surface area contributed by atoms with Gasteiger partial charge in [-0.1, -0.05) is 0 Å². The van der Waals surface area contributed by atoms with Gasteiger partial charge in [0.25, 0.3) is 0 Å². The van der Waals surface area contributed by atoms with E-state index in [1.807, 2.05) is 19.3 Å². The molecule has 0 aliphatic heterocycles. The molecule has 0 aliphatic carbocycles. The first-order valence-electron chi connectivity index (χ1n) is 4.70. The highest BCUT2D eigenvalue weighted by Crippen LogP contribution is 2.13. The van der Waals surface area contributed by atoms with Crippen LogP contribution in [0.25, 0.3) is 0 Å². The van der Waals surface area contributed by atoms with E-state index >= 15 is 0 Å². The highest BCUT2D eigenvalue weighted by Gasteiger charge is 2.08. The van der Waals surface area contributed by atoms with Crippen molar-refractivity contribution >= 4 is 11.9 Å². The van der Waals surface area contributed by atoms with Crippen molar-refractivity contribution in [3.05, 3.63) is 35.9 Å². The third kappa shape index (κ3) is 2.22. The SMILES string of the molecule is Cn1ccc(CNc2ccc(C(=O)O)o2)n1. The van der Waals surface area contributed by atoms with Crippen LogP contribution in [0.2, 0.25) is 0 Å². The van der Waals surface area contributed by atoms with E-state index in [4.69, 9.17) is 9.52 Å². The number of nitrogens with zero attached hydrogens (tertiary/aromatic N) is 2. The van der Waals surface area contributed by atoms with Crippen LogP contribution < -0.4 is 5.32 Å². The van der Waals surface area contributed by atoms with Crippen molar-refractivity contribution in [2.24, 2.45) is 7.05 Å². The number of anilines is 1. The highest BCUT2D eigenvalue weighted by molar-refractivity contribution is 5.84. The molecule has 0 saturated carbocycles. The Morgan fingerprint density at radius 2 is 2.38 bits per heavy atom. The van der Waals surface area contributed by atoms with Gasteiger partial charge in [-0.2, -0.15) is 5.10 Å². The molecule has 2 aromatic heterocycles. The van der Waals surface area contributed by atoms with E-state index in [1.165, 1.54) is 6.07 Å². The van der Waals surface area contributed by atoms with Gasteiger partial charge in [-0.25, -0.2) is 4.79 Å². The summed E-state index contributed by atoms with van der Waals surface area (Å²) in [4.78, 5) is 10.6. The monoisotopic (exact) mass is 221 g/mol. The third-order valence-electron chi connectivity index (χ3n) is 2.03. The minimum atomic E-state index is -1.08. The van der Waals surface area contributed by atoms with Crippen molar-refractivity contribution in [2.75, 3.05) is 5.32 Å². The van der Waals surface area contributed by atoms with Gasteiger partial charge in [0.05, 0.1) is 12.2 Å². The lowest BCUT2D eigenvalue weighted by Gasteiger charge is -1.98. The van der Waals surface area contributed by atoms with Gasteiger partial charge >= 0.3 is 5.97 Å². The summed E-state index contributed by atoms with van der Waals surface area (Å²) < 4.78 is 6.72. The summed E-state index contributed by atoms with van der Waals surface area (Å²) in [6.45, 7) is 0.493. The molecule has 0 amide bonds. The first kappa shape index (κ1) is 10.3. The van der Waals surface area contributed by atoms with Gasteiger partial charge in [-0.15, -0.1) is 0 Å². The number of carbonyl (C=O) groups is 1. The van der Waals surface area contributed by atoms with Crippen molar-refractivity contribution < 1.29 is 14.3 Å². The lowest BCUT2D eigenvalue weighted by atomic mass is 10.4. The summed E-state index contributed by atoms with van der Waals surface area (Å²) in [5, 5.41) is 15.8. The second-order valence-electron chi connectivity index (χ2n) is 3.30. The number of rotatable bonds is 4. The Kier molecular flexibility index (Phi) is 2.63. The molecule has 16 heavy (non-hydrogen) atoms. The zero-order valence-corrected chi connectivity index (χ0v) is 8.67. The molecule has 0 spiro atoms. The summed E-state index contributed by atoms with van der Waals surface area (Å²) in [5.41, 5.74) is 0.857. The van der Waals surface area contributed by atoms with Crippen LogP contribution in [0.1, 0.15) is 16.2 Å². The molecule has 0 saturated heterocycles. The summed E-state index contributed by atoms with van der Waals surface area (Å²) in [5.74, 6) is -0.738. The van der Waals surface area contributed by atoms with Crippen molar-refractivity contribution in [3.8, 4) is 0 Å². The zero-order valence-electron chi connectivity index (χ0n) is 8.67. The first-order valence-corrected chi connectivity index (χ1v) is 4.70. The number of carboxylic acid groups (broad SMARTS) is 1. The molecule has 84 valence electrons. The Balaban J connectivity index is 1.97. The van der Waals surface area contributed by atoms with Crippen LogP contribution in [0.4, 0.5) is 5.88 Å². The Morgan fingerprint density at radius 3 is 2.94 bits per heavy atom. The number of aryl methyl sites for hydroxylation is 1. The maximum absolute atomic E-state index is 10.6. The molecule has 2 heterocycles. The smallest absolute Gasteiger partial charge is 0.371 e.